The minimum atomic E-state index is -3.34. The van der Waals surface area contributed by atoms with E-state index in [-0.39, 0.29) is 28.6 Å². The van der Waals surface area contributed by atoms with Crippen molar-refractivity contribution in [3.8, 4) is 0 Å². The fourth-order valence-corrected chi connectivity index (χ4v) is 4.75. The number of sulfone groups is 1. The fourth-order valence-electron chi connectivity index (χ4n) is 3.89. The molecule has 3 rings (SSSR count). The molecule has 0 bridgehead atoms. The Balaban J connectivity index is 1.97. The zero-order valence-electron chi connectivity index (χ0n) is 19.4. The van der Waals surface area contributed by atoms with Gasteiger partial charge >= 0.3 is 0 Å². The monoisotopic (exact) mass is 501 g/mol. The van der Waals surface area contributed by atoms with Crippen LogP contribution in [0.15, 0.2) is 64.4 Å². The molecule has 3 aromatic rings. The van der Waals surface area contributed by atoms with Crippen LogP contribution in [0.1, 0.15) is 51.9 Å². The third-order valence-electron chi connectivity index (χ3n) is 5.73. The molecule has 2 aromatic carbocycles. The van der Waals surface area contributed by atoms with Crippen LogP contribution in [-0.2, 0) is 21.0 Å². The molecule has 180 valence electrons. The molecular formula is C26H28ClNO5S. The van der Waals surface area contributed by atoms with Crippen molar-refractivity contribution in [2.24, 2.45) is 0 Å². The Morgan fingerprint density at radius 2 is 1.82 bits per heavy atom. The number of hydrogen-bond donors (Lipinski definition) is 1. The van der Waals surface area contributed by atoms with Gasteiger partial charge in [-0.3, -0.25) is 9.59 Å². The number of nitrogens with one attached hydrogen (secondary N) is 1. The van der Waals surface area contributed by atoms with Gasteiger partial charge in [-0.05, 0) is 60.9 Å². The molecule has 0 aliphatic carbocycles. The molecule has 0 fully saturated rings. The van der Waals surface area contributed by atoms with E-state index in [1.807, 2.05) is 26.0 Å². The van der Waals surface area contributed by atoms with Gasteiger partial charge in [0, 0.05) is 54.0 Å². The number of carbonyl (C=O) groups is 1. The summed E-state index contributed by atoms with van der Waals surface area (Å²) in [5.74, 6) is -0.461. The lowest BCUT2D eigenvalue weighted by Gasteiger charge is -2.20. The van der Waals surface area contributed by atoms with Gasteiger partial charge in [0.1, 0.15) is 0 Å². The number of ether oxygens (including phenoxy) is 1. The van der Waals surface area contributed by atoms with E-state index in [4.69, 9.17) is 16.3 Å². The lowest BCUT2D eigenvalue weighted by Crippen LogP contribution is -2.17. The van der Waals surface area contributed by atoms with Crippen LogP contribution < -0.4 is 5.56 Å². The highest BCUT2D eigenvalue weighted by molar-refractivity contribution is 7.90. The third-order valence-corrected chi connectivity index (χ3v) is 7.09. The summed E-state index contributed by atoms with van der Waals surface area (Å²) in [6.07, 6.45) is 3.15. The van der Waals surface area contributed by atoms with Gasteiger partial charge in [0.25, 0.3) is 5.56 Å². The van der Waals surface area contributed by atoms with Gasteiger partial charge in [0.15, 0.2) is 15.6 Å². The fraction of sp³-hybridized carbons (Fsp3) is 0.308. The number of pyridine rings is 1. The number of aromatic amines is 1. The summed E-state index contributed by atoms with van der Waals surface area (Å²) in [7, 11) is -3.34. The van der Waals surface area contributed by atoms with Crippen molar-refractivity contribution in [2.75, 3.05) is 19.5 Å². The molecule has 0 aliphatic rings. The van der Waals surface area contributed by atoms with Crippen LogP contribution in [0.25, 0.3) is 0 Å². The molecule has 6 nitrogen and oxygen atoms in total. The largest absolute Gasteiger partial charge is 0.381 e. The topological polar surface area (TPSA) is 93.3 Å². The second-order valence-corrected chi connectivity index (χ2v) is 10.7. The van der Waals surface area contributed by atoms with E-state index in [1.54, 1.807) is 36.4 Å². The van der Waals surface area contributed by atoms with Crippen LogP contribution >= 0.6 is 11.6 Å². The first-order chi connectivity index (χ1) is 16.1. The Bertz CT molecular complexity index is 1330. The smallest absolute Gasteiger partial charge is 0.251 e. The first-order valence-corrected chi connectivity index (χ1v) is 13.3. The van der Waals surface area contributed by atoms with Crippen LogP contribution in [0.5, 0.6) is 0 Å². The van der Waals surface area contributed by atoms with Crippen molar-refractivity contribution in [2.45, 2.75) is 37.5 Å². The number of Topliss-reactive ketones (excluding diaryl/α,β-unsaturated/α-hetero) is 1. The minimum absolute atomic E-state index is 0.137. The molecule has 0 spiro atoms. The van der Waals surface area contributed by atoms with Gasteiger partial charge in [-0.2, -0.15) is 0 Å². The maximum Gasteiger partial charge on any atom is 0.251 e. The summed E-state index contributed by atoms with van der Waals surface area (Å²) in [5, 5.41) is 0.596. The normalized spacial score (nSPS) is 12.5. The first-order valence-electron chi connectivity index (χ1n) is 11.0. The van der Waals surface area contributed by atoms with E-state index in [9.17, 15) is 18.0 Å². The maximum atomic E-state index is 13.3. The summed E-state index contributed by atoms with van der Waals surface area (Å²) in [5.41, 5.74) is 3.33. The summed E-state index contributed by atoms with van der Waals surface area (Å²) in [4.78, 5) is 28.4. The summed E-state index contributed by atoms with van der Waals surface area (Å²) in [6, 6.07) is 13.7. The van der Waals surface area contributed by atoms with Crippen LogP contribution in [0.2, 0.25) is 5.02 Å². The van der Waals surface area contributed by atoms with Crippen molar-refractivity contribution < 1.29 is 17.9 Å². The quantitative estimate of drug-likeness (QED) is 0.320. The summed E-state index contributed by atoms with van der Waals surface area (Å²) < 4.78 is 29.1. The molecule has 0 radical (unpaired) electrons. The Morgan fingerprint density at radius 1 is 1.12 bits per heavy atom. The highest BCUT2D eigenvalue weighted by Crippen LogP contribution is 2.33. The van der Waals surface area contributed by atoms with Crippen molar-refractivity contribution in [1.29, 1.82) is 0 Å². The zero-order chi connectivity index (χ0) is 24.9. The summed E-state index contributed by atoms with van der Waals surface area (Å²) in [6.45, 7) is 4.76. The standard InChI is InChI=1S/C26H28ClNO5S/c1-4-33-12-11-19-14-20(16-28-26(19)30)25(29)15-24(23-10-7-21(27)13-17(23)2)18-5-8-22(9-6-18)34(3,31)32/h5-10,13-14,16,24H,4,11-12,15H2,1-3H3,(H,28,30). The molecule has 0 saturated carbocycles. The minimum Gasteiger partial charge on any atom is -0.381 e. The number of hydrogen-bond acceptors (Lipinski definition) is 5. The van der Waals surface area contributed by atoms with Crippen LogP contribution in [0.4, 0.5) is 0 Å². The van der Waals surface area contributed by atoms with E-state index in [2.05, 4.69) is 4.98 Å². The van der Waals surface area contributed by atoms with E-state index >= 15 is 0 Å². The Kier molecular flexibility index (Phi) is 8.47. The number of H-pyrrole nitrogens is 1. The Morgan fingerprint density at radius 3 is 2.44 bits per heavy atom. The SMILES string of the molecule is CCOCCc1cc(C(=O)CC(c2ccc(S(C)(=O)=O)cc2)c2ccc(Cl)cc2C)c[nH]c1=O. The van der Waals surface area contributed by atoms with Crippen molar-refractivity contribution in [3.05, 3.63) is 97.9 Å². The second kappa shape index (κ2) is 11.1. The molecule has 0 aliphatic heterocycles. The number of benzene rings is 2. The lowest BCUT2D eigenvalue weighted by atomic mass is 9.84. The molecule has 8 heteroatoms. The third kappa shape index (κ3) is 6.44. The molecule has 1 heterocycles. The molecule has 0 amide bonds. The number of aryl methyl sites for hydroxylation is 1. The number of halogens is 1. The van der Waals surface area contributed by atoms with Gasteiger partial charge in [0.05, 0.1) is 11.5 Å². The number of carbonyl (C=O) groups excluding carboxylic acids is 1. The average Bonchev–Trinajstić information content (AvgIpc) is 2.78. The molecule has 34 heavy (non-hydrogen) atoms. The van der Waals surface area contributed by atoms with E-state index in [0.717, 1.165) is 22.9 Å². The van der Waals surface area contributed by atoms with Gasteiger partial charge in [-0.25, -0.2) is 8.42 Å². The van der Waals surface area contributed by atoms with Crippen molar-refractivity contribution in [1.82, 2.24) is 4.98 Å². The van der Waals surface area contributed by atoms with Gasteiger partial charge in [-0.15, -0.1) is 0 Å². The molecule has 1 atom stereocenters. The second-order valence-electron chi connectivity index (χ2n) is 8.21. The number of rotatable bonds is 10. The van der Waals surface area contributed by atoms with Crippen LogP contribution in [-0.4, -0.2) is 38.7 Å². The van der Waals surface area contributed by atoms with Gasteiger partial charge < -0.3 is 9.72 Å². The van der Waals surface area contributed by atoms with E-state index < -0.39 is 9.84 Å². The first kappa shape index (κ1) is 25.9. The van der Waals surface area contributed by atoms with Gasteiger partial charge in [-0.1, -0.05) is 29.8 Å². The van der Waals surface area contributed by atoms with Crippen molar-refractivity contribution in [3.63, 3.8) is 0 Å². The lowest BCUT2D eigenvalue weighted by molar-refractivity contribution is 0.0977. The number of aromatic nitrogens is 1. The Labute approximate surface area is 204 Å². The molecule has 0 saturated heterocycles. The summed E-state index contributed by atoms with van der Waals surface area (Å²) >= 11 is 6.15. The Hall–Kier alpha value is -2.74. The highest BCUT2D eigenvalue weighted by Gasteiger charge is 2.22. The predicted octanol–water partition coefficient (Wildman–Crippen LogP) is 4.72. The maximum absolute atomic E-state index is 13.3. The molecule has 1 unspecified atom stereocenters. The van der Waals surface area contributed by atoms with E-state index in [0.29, 0.717) is 35.8 Å². The number of ketones is 1. The van der Waals surface area contributed by atoms with Gasteiger partial charge in [0.2, 0.25) is 0 Å². The van der Waals surface area contributed by atoms with Crippen LogP contribution in [0, 0.1) is 6.92 Å². The molecular weight excluding hydrogens is 474 g/mol. The predicted molar refractivity (Wildman–Crippen MR) is 134 cm³/mol. The van der Waals surface area contributed by atoms with Crippen molar-refractivity contribution >= 4 is 27.2 Å². The highest BCUT2D eigenvalue weighted by atomic mass is 35.5. The molecule has 1 N–H and O–H groups in total. The zero-order valence-corrected chi connectivity index (χ0v) is 21.0. The van der Waals surface area contributed by atoms with E-state index in [1.165, 1.54) is 6.20 Å². The average molecular weight is 502 g/mol. The molecule has 1 aromatic heterocycles. The van der Waals surface area contributed by atoms with Crippen LogP contribution in [0.3, 0.4) is 0 Å².